The van der Waals surface area contributed by atoms with Crippen molar-refractivity contribution >= 4 is 18.0 Å². The van der Waals surface area contributed by atoms with E-state index in [0.29, 0.717) is 26.1 Å². The lowest BCUT2D eigenvalue weighted by atomic mass is 10.2. The van der Waals surface area contributed by atoms with Gasteiger partial charge in [0.2, 0.25) is 0 Å². The second kappa shape index (κ2) is 18.5. The number of carbonyl (C=O) groups is 3. The lowest BCUT2D eigenvalue weighted by molar-refractivity contribution is -0.193. The smallest absolute Gasteiger partial charge is 0.355 e. The van der Waals surface area contributed by atoms with Crippen LogP contribution in [0.15, 0.2) is 0 Å². The van der Waals surface area contributed by atoms with E-state index in [1.165, 1.54) is 4.90 Å². The summed E-state index contributed by atoms with van der Waals surface area (Å²) in [6, 6.07) is -0.548. The third kappa shape index (κ3) is 12.8. The number of amides is 2. The molecular weight excluding hydrogens is 428 g/mol. The molecule has 0 N–H and O–H groups in total. The molecule has 0 saturated carbocycles. The molecule has 33 heavy (non-hydrogen) atoms. The first-order valence-electron chi connectivity index (χ1n) is 12.7. The molecule has 9 heteroatoms. The maximum absolute atomic E-state index is 12.9. The molecular formula is C24H44N2O7. The molecule has 0 aromatic heterocycles. The molecule has 1 fully saturated rings. The molecule has 9 nitrogen and oxygen atoms in total. The third-order valence-electron chi connectivity index (χ3n) is 5.28. The number of esters is 1. The van der Waals surface area contributed by atoms with Crippen LogP contribution >= 0.6 is 0 Å². The summed E-state index contributed by atoms with van der Waals surface area (Å²) in [5.74, 6) is -0.943. The molecule has 0 aromatic carbocycles. The highest BCUT2D eigenvalue weighted by atomic mass is 16.7. The van der Waals surface area contributed by atoms with Crippen molar-refractivity contribution in [1.82, 2.24) is 9.96 Å². The highest BCUT2D eigenvalue weighted by Gasteiger charge is 2.37. The largest absolute Gasteiger partial charge is 0.464 e. The van der Waals surface area contributed by atoms with Gasteiger partial charge in [-0.05, 0) is 32.1 Å². The van der Waals surface area contributed by atoms with E-state index < -0.39 is 24.2 Å². The van der Waals surface area contributed by atoms with Crippen molar-refractivity contribution in [2.45, 2.75) is 97.6 Å². The van der Waals surface area contributed by atoms with E-state index in [0.717, 1.165) is 63.0 Å². The maximum atomic E-state index is 12.9. The predicted molar refractivity (Wildman–Crippen MR) is 124 cm³/mol. The summed E-state index contributed by atoms with van der Waals surface area (Å²) < 4.78 is 16.6. The van der Waals surface area contributed by atoms with Crippen molar-refractivity contribution in [2.75, 3.05) is 39.5 Å². The average Bonchev–Trinajstić information content (AvgIpc) is 2.80. The van der Waals surface area contributed by atoms with Gasteiger partial charge in [-0.1, -0.05) is 46.5 Å². The van der Waals surface area contributed by atoms with Gasteiger partial charge in [-0.3, -0.25) is 9.69 Å². The Morgan fingerprint density at radius 2 is 1.52 bits per heavy atom. The van der Waals surface area contributed by atoms with E-state index in [1.54, 1.807) is 0 Å². The summed E-state index contributed by atoms with van der Waals surface area (Å²) >= 11 is 0. The van der Waals surface area contributed by atoms with Gasteiger partial charge in [0.25, 0.3) is 0 Å². The fourth-order valence-electron chi connectivity index (χ4n) is 3.25. The van der Waals surface area contributed by atoms with E-state index in [4.69, 9.17) is 19.0 Å². The summed E-state index contributed by atoms with van der Waals surface area (Å²) in [4.78, 5) is 44.0. The van der Waals surface area contributed by atoms with Crippen molar-refractivity contribution in [3.05, 3.63) is 0 Å². The zero-order valence-corrected chi connectivity index (χ0v) is 20.9. The van der Waals surface area contributed by atoms with E-state index >= 15 is 0 Å². The normalized spacial score (nSPS) is 16.2. The molecule has 1 heterocycles. The lowest BCUT2D eigenvalue weighted by Gasteiger charge is -2.39. The summed E-state index contributed by atoms with van der Waals surface area (Å²) in [5.41, 5.74) is 0. The zero-order valence-electron chi connectivity index (χ0n) is 20.9. The number of ether oxygens (including phenoxy) is 3. The Bertz CT molecular complexity index is 559. The van der Waals surface area contributed by atoms with Crippen LogP contribution < -0.4 is 0 Å². The van der Waals surface area contributed by atoms with Crippen LogP contribution in [-0.4, -0.2) is 73.7 Å². The van der Waals surface area contributed by atoms with Crippen molar-refractivity contribution in [3.63, 3.8) is 0 Å². The number of hydrogen-bond donors (Lipinski definition) is 0. The monoisotopic (exact) mass is 472 g/mol. The van der Waals surface area contributed by atoms with Gasteiger partial charge in [-0.15, -0.1) is 0 Å². The van der Waals surface area contributed by atoms with E-state index in [1.807, 2.05) is 0 Å². The third-order valence-corrected chi connectivity index (χ3v) is 5.28. The minimum absolute atomic E-state index is 0.235. The molecule has 192 valence electrons. The molecule has 1 unspecified atom stereocenters. The van der Waals surface area contributed by atoms with Crippen LogP contribution in [0.25, 0.3) is 0 Å². The van der Waals surface area contributed by atoms with E-state index in [2.05, 4.69) is 20.8 Å². The van der Waals surface area contributed by atoms with Gasteiger partial charge in [-0.25, -0.2) is 9.59 Å². The van der Waals surface area contributed by atoms with Gasteiger partial charge in [0, 0.05) is 32.7 Å². The Morgan fingerprint density at radius 1 is 0.848 bits per heavy atom. The second-order valence-electron chi connectivity index (χ2n) is 8.29. The summed E-state index contributed by atoms with van der Waals surface area (Å²) in [6.07, 6.45) is 8.29. The first-order valence-corrected chi connectivity index (χ1v) is 12.7. The minimum Gasteiger partial charge on any atom is -0.464 e. The number of urea groups is 1. The minimum atomic E-state index is -0.548. The topological polar surface area (TPSA) is 94.6 Å². The first kappa shape index (κ1) is 29.2. The van der Waals surface area contributed by atoms with Crippen molar-refractivity contribution in [3.8, 4) is 0 Å². The molecule has 0 bridgehead atoms. The summed E-state index contributed by atoms with van der Waals surface area (Å²) in [5, 5.41) is 1.04. The number of rotatable bonds is 19. The molecule has 0 spiro atoms. The average molecular weight is 473 g/mol. The number of hydrogen-bond acceptors (Lipinski definition) is 7. The number of hydroxylamine groups is 2. The van der Waals surface area contributed by atoms with E-state index in [9.17, 15) is 14.4 Å². The van der Waals surface area contributed by atoms with Gasteiger partial charge < -0.3 is 19.0 Å². The summed E-state index contributed by atoms with van der Waals surface area (Å²) in [7, 11) is 0. The van der Waals surface area contributed by atoms with Crippen LogP contribution in [0.5, 0.6) is 0 Å². The summed E-state index contributed by atoms with van der Waals surface area (Å²) in [6.45, 7) is 8.39. The van der Waals surface area contributed by atoms with Crippen molar-refractivity contribution in [2.24, 2.45) is 0 Å². The SMILES string of the molecule is CCCCCC(=O)ON1CCC(OCCCC)N(CC(=O)OCCCCOCCCC)C1=O. The van der Waals surface area contributed by atoms with Crippen LogP contribution in [0.4, 0.5) is 4.79 Å². The van der Waals surface area contributed by atoms with Gasteiger partial charge in [0.15, 0.2) is 0 Å². The number of nitrogens with zero attached hydrogens (tertiary/aromatic N) is 2. The zero-order chi connectivity index (χ0) is 24.3. The fourth-order valence-corrected chi connectivity index (χ4v) is 3.25. The highest BCUT2D eigenvalue weighted by Crippen LogP contribution is 2.19. The number of carbonyl (C=O) groups excluding carboxylic acids is 3. The van der Waals surface area contributed by atoms with Gasteiger partial charge in [0.05, 0.1) is 13.2 Å². The predicted octanol–water partition coefficient (Wildman–Crippen LogP) is 4.44. The fraction of sp³-hybridized carbons (Fsp3) is 0.875. The van der Waals surface area contributed by atoms with E-state index in [-0.39, 0.29) is 26.1 Å². The van der Waals surface area contributed by atoms with Crippen molar-refractivity contribution in [1.29, 1.82) is 0 Å². The van der Waals surface area contributed by atoms with Gasteiger partial charge in [-0.2, -0.15) is 5.06 Å². The molecule has 1 saturated heterocycles. The highest BCUT2D eigenvalue weighted by molar-refractivity contribution is 5.82. The Labute approximate surface area is 199 Å². The molecule has 1 atom stereocenters. The van der Waals surface area contributed by atoms with Crippen LogP contribution in [0.2, 0.25) is 0 Å². The van der Waals surface area contributed by atoms with Gasteiger partial charge in [0.1, 0.15) is 12.8 Å². The Morgan fingerprint density at radius 3 is 2.24 bits per heavy atom. The number of unbranched alkanes of at least 4 members (excludes halogenated alkanes) is 5. The molecule has 1 aliphatic heterocycles. The molecule has 2 amide bonds. The molecule has 0 radical (unpaired) electrons. The Hall–Kier alpha value is -1.87. The molecule has 0 aliphatic carbocycles. The molecule has 1 rings (SSSR count). The van der Waals surface area contributed by atoms with Gasteiger partial charge >= 0.3 is 18.0 Å². The van der Waals surface area contributed by atoms with Crippen LogP contribution in [0, 0.1) is 0 Å². The molecule has 1 aliphatic rings. The standard InChI is InChI=1S/C24H44N2O7/c1-4-7-10-13-22(27)33-26-15-14-21(31-18-9-6-3)25(24(26)29)20-23(28)32-19-12-11-17-30-16-8-5-2/h21H,4-20H2,1-3H3. The quantitative estimate of drug-likeness (QED) is 0.203. The van der Waals surface area contributed by atoms with Crippen molar-refractivity contribution < 1.29 is 33.4 Å². The second-order valence-corrected chi connectivity index (χ2v) is 8.29. The Balaban J connectivity index is 2.51. The van der Waals surface area contributed by atoms with Crippen LogP contribution in [0.3, 0.4) is 0 Å². The molecule has 0 aromatic rings. The Kier molecular flexibility index (Phi) is 16.4. The first-order chi connectivity index (χ1) is 16.0. The maximum Gasteiger partial charge on any atom is 0.355 e. The van der Waals surface area contributed by atoms with Crippen LogP contribution in [-0.2, 0) is 28.6 Å². The van der Waals surface area contributed by atoms with Crippen LogP contribution in [0.1, 0.15) is 91.4 Å². The lowest BCUT2D eigenvalue weighted by Crippen LogP contribution is -2.57.